The van der Waals surface area contributed by atoms with Crippen molar-refractivity contribution in [1.29, 1.82) is 0 Å². The third-order valence-electron chi connectivity index (χ3n) is 6.91. The second-order valence-electron chi connectivity index (χ2n) is 9.18. The van der Waals surface area contributed by atoms with E-state index >= 15 is 0 Å². The summed E-state index contributed by atoms with van der Waals surface area (Å²) in [6, 6.07) is 46.2. The smallest absolute Gasteiger partial charge is 0.166 e. The Kier molecular flexibility index (Phi) is 5.41. The lowest BCUT2D eigenvalue weighted by Gasteiger charge is -2.26. The van der Waals surface area contributed by atoms with Crippen molar-refractivity contribution in [2.75, 3.05) is 4.90 Å². The quantitative estimate of drug-likeness (QED) is 0.243. The highest BCUT2D eigenvalue weighted by Crippen LogP contribution is 2.43. The third kappa shape index (κ3) is 3.71. The van der Waals surface area contributed by atoms with E-state index < -0.39 is 0 Å². The molecule has 4 heteroatoms. The van der Waals surface area contributed by atoms with Gasteiger partial charge in [0.1, 0.15) is 17.4 Å². The van der Waals surface area contributed by atoms with Crippen molar-refractivity contribution in [3.05, 3.63) is 146 Å². The monoisotopic (exact) mass is 488 g/mol. The van der Waals surface area contributed by atoms with E-state index in [0.29, 0.717) is 0 Å². The predicted molar refractivity (Wildman–Crippen MR) is 156 cm³/mol. The lowest BCUT2D eigenvalue weighted by Crippen LogP contribution is -2.14. The van der Waals surface area contributed by atoms with Crippen molar-refractivity contribution in [1.82, 2.24) is 14.5 Å². The number of hydrogen-bond donors (Lipinski definition) is 0. The normalized spacial score (nSPS) is 11.2. The van der Waals surface area contributed by atoms with Gasteiger partial charge in [-0.05, 0) is 41.3 Å². The minimum absolute atomic E-state index is 0.823. The Morgan fingerprint density at radius 1 is 0.579 bits per heavy atom. The van der Waals surface area contributed by atoms with E-state index in [-0.39, 0.29) is 0 Å². The van der Waals surface area contributed by atoms with Gasteiger partial charge >= 0.3 is 0 Å². The van der Waals surface area contributed by atoms with Crippen LogP contribution in [0.5, 0.6) is 0 Å². The average molecular weight is 489 g/mol. The van der Waals surface area contributed by atoms with Gasteiger partial charge in [-0.25, -0.2) is 9.97 Å². The summed E-state index contributed by atoms with van der Waals surface area (Å²) in [4.78, 5) is 12.0. The molecule has 2 heterocycles. The Morgan fingerprint density at radius 2 is 1.24 bits per heavy atom. The molecule has 4 nitrogen and oxygen atoms in total. The van der Waals surface area contributed by atoms with E-state index in [2.05, 4.69) is 131 Å². The van der Waals surface area contributed by atoms with Crippen LogP contribution < -0.4 is 4.90 Å². The lowest BCUT2D eigenvalue weighted by molar-refractivity contribution is 1.09. The van der Waals surface area contributed by atoms with Gasteiger partial charge in [-0.3, -0.25) is 4.90 Å². The zero-order valence-electron chi connectivity index (χ0n) is 20.6. The van der Waals surface area contributed by atoms with Gasteiger partial charge in [0.15, 0.2) is 5.82 Å². The van der Waals surface area contributed by atoms with Gasteiger partial charge in [0, 0.05) is 28.5 Å². The summed E-state index contributed by atoms with van der Waals surface area (Å²) in [6.45, 7) is 0. The van der Waals surface area contributed by atoms with Crippen LogP contribution in [-0.2, 0) is 0 Å². The predicted octanol–water partition coefficient (Wildman–Crippen LogP) is 8.71. The lowest BCUT2D eigenvalue weighted by atomic mass is 10.1. The number of nitrogens with zero attached hydrogens (tertiary/aromatic N) is 4. The van der Waals surface area contributed by atoms with E-state index in [4.69, 9.17) is 9.97 Å². The summed E-state index contributed by atoms with van der Waals surface area (Å²) < 4.78 is 2.22. The Balaban J connectivity index is 1.59. The maximum Gasteiger partial charge on any atom is 0.166 e. The van der Waals surface area contributed by atoms with Gasteiger partial charge < -0.3 is 4.57 Å². The molecule has 0 saturated heterocycles. The summed E-state index contributed by atoms with van der Waals surface area (Å²) >= 11 is 0. The van der Waals surface area contributed by atoms with Gasteiger partial charge in [-0.1, -0.05) is 103 Å². The molecule has 0 spiro atoms. The fourth-order valence-corrected chi connectivity index (χ4v) is 5.18. The van der Waals surface area contributed by atoms with Gasteiger partial charge in [-0.2, -0.15) is 0 Å². The Morgan fingerprint density at radius 3 is 2.03 bits per heavy atom. The maximum absolute atomic E-state index is 4.95. The molecule has 0 bridgehead atoms. The number of rotatable bonds is 5. The van der Waals surface area contributed by atoms with Crippen LogP contribution in [0.2, 0.25) is 0 Å². The molecule has 0 aliphatic heterocycles. The SMILES string of the molecule is c1ccc(-c2cn(-c3ccccc3)c3c(N(c4ccccc4)c4cccc5ccccc45)ncnc23)cc1. The van der Waals surface area contributed by atoms with Crippen LogP contribution in [0.4, 0.5) is 17.2 Å². The molecule has 180 valence electrons. The second kappa shape index (κ2) is 9.34. The average Bonchev–Trinajstić information content (AvgIpc) is 3.40. The van der Waals surface area contributed by atoms with Crippen molar-refractivity contribution < 1.29 is 0 Å². The number of fused-ring (bicyclic) bond motifs is 2. The molecular weight excluding hydrogens is 464 g/mol. The second-order valence-corrected chi connectivity index (χ2v) is 9.18. The number of benzene rings is 5. The van der Waals surface area contributed by atoms with Crippen LogP contribution in [0.25, 0.3) is 38.6 Å². The van der Waals surface area contributed by atoms with Crippen LogP contribution in [0, 0.1) is 0 Å². The molecule has 0 amide bonds. The molecule has 0 fully saturated rings. The first-order chi connectivity index (χ1) is 18.9. The molecule has 0 aliphatic rings. The summed E-state index contributed by atoms with van der Waals surface area (Å²) in [5, 5.41) is 2.34. The van der Waals surface area contributed by atoms with E-state index in [0.717, 1.165) is 50.4 Å². The van der Waals surface area contributed by atoms with Crippen molar-refractivity contribution in [2.45, 2.75) is 0 Å². The number of para-hydroxylation sites is 2. The van der Waals surface area contributed by atoms with E-state index in [9.17, 15) is 0 Å². The first kappa shape index (κ1) is 22.0. The summed E-state index contributed by atoms with van der Waals surface area (Å²) in [6.07, 6.45) is 3.86. The summed E-state index contributed by atoms with van der Waals surface area (Å²) in [7, 11) is 0. The highest BCUT2D eigenvalue weighted by molar-refractivity contribution is 6.05. The highest BCUT2D eigenvalue weighted by atomic mass is 15.2. The zero-order chi connectivity index (χ0) is 25.3. The molecule has 0 unspecified atom stereocenters. The molecule has 0 saturated carbocycles. The van der Waals surface area contributed by atoms with Crippen LogP contribution in [0.3, 0.4) is 0 Å². The van der Waals surface area contributed by atoms with Gasteiger partial charge in [-0.15, -0.1) is 0 Å². The van der Waals surface area contributed by atoms with Crippen LogP contribution >= 0.6 is 0 Å². The van der Waals surface area contributed by atoms with Crippen molar-refractivity contribution in [2.24, 2.45) is 0 Å². The minimum atomic E-state index is 0.823. The fourth-order valence-electron chi connectivity index (χ4n) is 5.18. The van der Waals surface area contributed by atoms with Crippen molar-refractivity contribution >= 4 is 39.0 Å². The molecule has 0 radical (unpaired) electrons. The molecule has 7 rings (SSSR count). The summed E-state index contributed by atoms with van der Waals surface area (Å²) in [5.74, 6) is 0.823. The standard InChI is InChI=1S/C34H24N4/c1-4-13-26(14-5-1)30-23-37(27-17-6-2-7-18-27)33-32(30)35-24-36-34(33)38(28-19-8-3-9-20-28)31-22-12-16-25-15-10-11-21-29(25)31/h1-24H. The molecule has 2 aromatic heterocycles. The third-order valence-corrected chi connectivity index (χ3v) is 6.91. The van der Waals surface area contributed by atoms with Gasteiger partial charge in [0.2, 0.25) is 0 Å². The molecule has 7 aromatic rings. The molecule has 0 N–H and O–H groups in total. The highest BCUT2D eigenvalue weighted by Gasteiger charge is 2.24. The molecule has 0 aliphatic carbocycles. The van der Waals surface area contributed by atoms with Gasteiger partial charge in [0.25, 0.3) is 0 Å². The largest absolute Gasteiger partial charge is 0.311 e. The molecule has 38 heavy (non-hydrogen) atoms. The van der Waals surface area contributed by atoms with Crippen LogP contribution in [0.1, 0.15) is 0 Å². The van der Waals surface area contributed by atoms with Crippen molar-refractivity contribution in [3.8, 4) is 16.8 Å². The Labute approximate surface area is 221 Å². The van der Waals surface area contributed by atoms with E-state index in [1.807, 2.05) is 18.2 Å². The fraction of sp³-hybridized carbons (Fsp3) is 0. The molecular formula is C34H24N4. The molecule has 5 aromatic carbocycles. The van der Waals surface area contributed by atoms with Crippen LogP contribution in [0.15, 0.2) is 146 Å². The number of hydrogen-bond acceptors (Lipinski definition) is 3. The first-order valence-corrected chi connectivity index (χ1v) is 12.7. The van der Waals surface area contributed by atoms with Gasteiger partial charge in [0.05, 0.1) is 5.69 Å². The van der Waals surface area contributed by atoms with E-state index in [1.165, 1.54) is 5.39 Å². The first-order valence-electron chi connectivity index (χ1n) is 12.7. The maximum atomic E-state index is 4.95. The van der Waals surface area contributed by atoms with E-state index in [1.54, 1.807) is 6.33 Å². The Bertz CT molecular complexity index is 1850. The zero-order valence-corrected chi connectivity index (χ0v) is 20.6. The van der Waals surface area contributed by atoms with Crippen molar-refractivity contribution in [3.63, 3.8) is 0 Å². The number of aromatic nitrogens is 3. The number of anilines is 3. The van der Waals surface area contributed by atoms with Crippen LogP contribution in [-0.4, -0.2) is 14.5 Å². The topological polar surface area (TPSA) is 34.0 Å². The molecule has 0 atom stereocenters. The Hall–Kier alpha value is -5.22. The minimum Gasteiger partial charge on any atom is -0.311 e. The summed E-state index contributed by atoms with van der Waals surface area (Å²) in [5.41, 5.74) is 7.21.